The number of carbonyl (C=O) groups excluding carboxylic acids is 4. The maximum atomic E-state index is 13.1. The molecule has 0 aromatic rings. The molecule has 0 aliphatic heterocycles. The van der Waals surface area contributed by atoms with Crippen LogP contribution in [-0.2, 0) is 65.4 Å². The van der Waals surface area contributed by atoms with E-state index in [-0.39, 0.29) is 25.7 Å². The largest absolute Gasteiger partial charge is 0.472 e. The minimum Gasteiger partial charge on any atom is -0.462 e. The number of phosphoric acid groups is 2. The number of unbranched alkanes of at least 4 members (excludes halogenated alkanes) is 51. The smallest absolute Gasteiger partial charge is 0.462 e. The van der Waals surface area contributed by atoms with Crippen molar-refractivity contribution in [3.05, 3.63) is 0 Å². The second-order valence-electron chi connectivity index (χ2n) is 30.5. The summed E-state index contributed by atoms with van der Waals surface area (Å²) in [6.07, 6.45) is 64.1. The number of aliphatic hydroxyl groups excluding tert-OH is 1. The van der Waals surface area contributed by atoms with Crippen LogP contribution in [0, 0.1) is 11.8 Å². The highest BCUT2D eigenvalue weighted by Gasteiger charge is 2.30. The fraction of sp³-hybridized carbons (Fsp3) is 0.951. The number of hydrogen-bond acceptors (Lipinski definition) is 15. The van der Waals surface area contributed by atoms with Gasteiger partial charge in [0.1, 0.15) is 19.3 Å². The predicted molar refractivity (Wildman–Crippen MR) is 414 cm³/mol. The van der Waals surface area contributed by atoms with Gasteiger partial charge in [0.15, 0.2) is 12.2 Å². The van der Waals surface area contributed by atoms with Crippen LogP contribution in [0.1, 0.15) is 433 Å². The summed E-state index contributed by atoms with van der Waals surface area (Å²) in [5.41, 5.74) is 0. The van der Waals surface area contributed by atoms with Gasteiger partial charge in [0, 0.05) is 25.7 Å². The summed E-state index contributed by atoms with van der Waals surface area (Å²) in [7, 11) is -9.92. The number of esters is 4. The van der Waals surface area contributed by atoms with Gasteiger partial charge in [-0.3, -0.25) is 37.3 Å². The van der Waals surface area contributed by atoms with Gasteiger partial charge in [-0.15, -0.1) is 0 Å². The molecular formula is C82H160O17P2. The van der Waals surface area contributed by atoms with Crippen molar-refractivity contribution in [2.45, 2.75) is 452 Å². The molecule has 0 rings (SSSR count). The van der Waals surface area contributed by atoms with Crippen molar-refractivity contribution < 1.29 is 80.2 Å². The first kappa shape index (κ1) is 99.1. The summed E-state index contributed by atoms with van der Waals surface area (Å²) in [6.45, 7) is 9.58. The minimum atomic E-state index is -4.96. The lowest BCUT2D eigenvalue weighted by atomic mass is 10.0. The molecule has 0 aromatic heterocycles. The highest BCUT2D eigenvalue weighted by atomic mass is 31.2. The lowest BCUT2D eigenvalue weighted by Gasteiger charge is -2.21. The Bertz CT molecular complexity index is 1940. The average molecular weight is 1480 g/mol. The molecular weight excluding hydrogens is 1320 g/mol. The van der Waals surface area contributed by atoms with Gasteiger partial charge >= 0.3 is 39.5 Å². The molecule has 0 aromatic carbocycles. The monoisotopic (exact) mass is 1480 g/mol. The molecule has 0 aliphatic rings. The molecule has 0 saturated carbocycles. The summed E-state index contributed by atoms with van der Waals surface area (Å²) in [5.74, 6) is -0.625. The highest BCUT2D eigenvalue weighted by Crippen LogP contribution is 2.45. The molecule has 3 N–H and O–H groups in total. The number of phosphoric ester groups is 2. The van der Waals surface area contributed by atoms with Gasteiger partial charge in [-0.2, -0.15) is 0 Å². The number of rotatable bonds is 81. The van der Waals surface area contributed by atoms with Gasteiger partial charge in [0.05, 0.1) is 26.4 Å². The average Bonchev–Trinajstić information content (AvgIpc) is 1.13. The van der Waals surface area contributed by atoms with Crippen LogP contribution >= 0.6 is 15.6 Å². The van der Waals surface area contributed by atoms with Crippen LogP contribution in [0.15, 0.2) is 0 Å². The lowest BCUT2D eigenvalue weighted by Crippen LogP contribution is -2.30. The quantitative estimate of drug-likeness (QED) is 0.0222. The molecule has 0 aliphatic carbocycles. The fourth-order valence-corrected chi connectivity index (χ4v) is 14.3. The van der Waals surface area contributed by atoms with E-state index in [2.05, 4.69) is 41.5 Å². The summed E-state index contributed by atoms with van der Waals surface area (Å²) < 4.78 is 68.7. The van der Waals surface area contributed by atoms with Gasteiger partial charge in [0.25, 0.3) is 0 Å². The third-order valence-electron chi connectivity index (χ3n) is 19.2. The fourth-order valence-electron chi connectivity index (χ4n) is 12.7. The molecule has 19 heteroatoms. The SMILES string of the molecule is CCCCCCCCCCCCCCCCCCCCCCCCC(=O)O[C@H](COC(=O)CCCCCCCCCCCCCCCCCC(C)C)COP(=O)(O)OC[C@@H](O)COP(=O)(O)OC[C@@H](COC(=O)CCCCCCCCC(C)C)OC(=O)CCCCCCCCCCCCCC. The maximum Gasteiger partial charge on any atom is 0.472 e. The molecule has 0 bridgehead atoms. The van der Waals surface area contributed by atoms with Crippen molar-refractivity contribution in [1.29, 1.82) is 0 Å². The molecule has 2 unspecified atom stereocenters. The van der Waals surface area contributed by atoms with E-state index in [9.17, 15) is 43.2 Å². The van der Waals surface area contributed by atoms with Crippen LogP contribution in [-0.4, -0.2) is 96.7 Å². The first-order valence-electron chi connectivity index (χ1n) is 42.5. The van der Waals surface area contributed by atoms with Crippen LogP contribution in [0.4, 0.5) is 0 Å². The van der Waals surface area contributed by atoms with Gasteiger partial charge in [-0.25, -0.2) is 9.13 Å². The zero-order chi connectivity index (χ0) is 74.2. The van der Waals surface area contributed by atoms with Crippen molar-refractivity contribution in [3.8, 4) is 0 Å². The van der Waals surface area contributed by atoms with Gasteiger partial charge in [0.2, 0.25) is 0 Å². The number of aliphatic hydroxyl groups is 1. The second kappa shape index (κ2) is 73.6. The Morgan fingerprint density at radius 2 is 0.455 bits per heavy atom. The minimum absolute atomic E-state index is 0.106. The maximum absolute atomic E-state index is 13.1. The van der Waals surface area contributed by atoms with E-state index < -0.39 is 97.5 Å². The van der Waals surface area contributed by atoms with Crippen molar-refractivity contribution in [2.75, 3.05) is 39.6 Å². The first-order valence-corrected chi connectivity index (χ1v) is 45.5. The van der Waals surface area contributed by atoms with E-state index in [0.717, 1.165) is 102 Å². The van der Waals surface area contributed by atoms with Crippen LogP contribution in [0.25, 0.3) is 0 Å². The third-order valence-corrected chi connectivity index (χ3v) is 21.1. The first-order chi connectivity index (χ1) is 48.9. The Morgan fingerprint density at radius 1 is 0.267 bits per heavy atom. The zero-order valence-electron chi connectivity index (χ0n) is 66.2. The number of hydrogen-bond donors (Lipinski definition) is 3. The zero-order valence-corrected chi connectivity index (χ0v) is 68.0. The Hall–Kier alpha value is -1.94. The predicted octanol–water partition coefficient (Wildman–Crippen LogP) is 24.7. The van der Waals surface area contributed by atoms with E-state index in [1.807, 2.05) is 0 Å². The Balaban J connectivity index is 5.19. The molecule has 0 amide bonds. The third kappa shape index (κ3) is 76.1. The second-order valence-corrected chi connectivity index (χ2v) is 33.4. The van der Waals surface area contributed by atoms with Gasteiger partial charge in [-0.05, 0) is 37.5 Å². The van der Waals surface area contributed by atoms with E-state index in [0.29, 0.717) is 31.6 Å². The van der Waals surface area contributed by atoms with Crippen LogP contribution in [0.5, 0.6) is 0 Å². The van der Waals surface area contributed by atoms with Crippen molar-refractivity contribution >= 4 is 39.5 Å². The molecule has 600 valence electrons. The Kier molecular flexibility index (Phi) is 72.2. The van der Waals surface area contributed by atoms with Crippen molar-refractivity contribution in [3.63, 3.8) is 0 Å². The van der Waals surface area contributed by atoms with E-state index in [1.165, 1.54) is 244 Å². The Labute approximate surface area is 619 Å². The molecule has 0 saturated heterocycles. The molecule has 17 nitrogen and oxygen atoms in total. The van der Waals surface area contributed by atoms with E-state index >= 15 is 0 Å². The van der Waals surface area contributed by atoms with Crippen LogP contribution in [0.3, 0.4) is 0 Å². The highest BCUT2D eigenvalue weighted by molar-refractivity contribution is 7.47. The van der Waals surface area contributed by atoms with E-state index in [4.69, 9.17) is 37.0 Å². The lowest BCUT2D eigenvalue weighted by molar-refractivity contribution is -0.161. The molecule has 5 atom stereocenters. The molecule has 0 fully saturated rings. The van der Waals surface area contributed by atoms with Crippen molar-refractivity contribution in [1.82, 2.24) is 0 Å². The Morgan fingerprint density at radius 3 is 0.673 bits per heavy atom. The summed E-state index contributed by atoms with van der Waals surface area (Å²) in [5, 5.41) is 10.6. The molecule has 0 radical (unpaired) electrons. The number of carbonyl (C=O) groups is 4. The summed E-state index contributed by atoms with van der Waals surface area (Å²) in [6, 6.07) is 0. The van der Waals surface area contributed by atoms with Crippen LogP contribution in [0.2, 0.25) is 0 Å². The molecule has 101 heavy (non-hydrogen) atoms. The van der Waals surface area contributed by atoms with Crippen LogP contribution < -0.4 is 0 Å². The summed E-state index contributed by atoms with van der Waals surface area (Å²) in [4.78, 5) is 73.0. The van der Waals surface area contributed by atoms with E-state index in [1.54, 1.807) is 0 Å². The number of ether oxygens (including phenoxy) is 4. The summed E-state index contributed by atoms with van der Waals surface area (Å²) >= 11 is 0. The van der Waals surface area contributed by atoms with Gasteiger partial charge < -0.3 is 33.8 Å². The normalized spacial score (nSPS) is 13.9. The van der Waals surface area contributed by atoms with Crippen molar-refractivity contribution in [2.24, 2.45) is 11.8 Å². The topological polar surface area (TPSA) is 237 Å². The standard InChI is InChI=1S/C82H160O17P2/c1-7-9-11-13-15-17-19-21-22-23-24-25-26-27-28-31-35-39-43-47-55-61-67-82(87)98-77(70-92-79(84)64-58-52-45-41-38-34-32-29-30-33-36-40-44-50-56-62-74(3)4)72-96-100(88,89)94-68-76(83)69-95-101(90,91)97-73-78(71-93-80(85)65-59-53-49-48-51-57-63-75(5)6)99-81(86)66-60-54-46-42-37-20-18-16-14-12-10-8-2/h74-78,83H,7-73H2,1-6H3,(H,88,89)(H,90,91)/t76-,77-,78-/m1/s1. The molecule has 0 spiro atoms. The van der Waals surface area contributed by atoms with Gasteiger partial charge in [-0.1, -0.05) is 382 Å². The molecule has 0 heterocycles.